The summed E-state index contributed by atoms with van der Waals surface area (Å²) in [5, 5.41) is 2.80. The molecule has 0 unspecified atom stereocenters. The first kappa shape index (κ1) is 17.7. The Morgan fingerprint density at radius 2 is 2.10 bits per heavy atom. The van der Waals surface area contributed by atoms with E-state index in [1.54, 1.807) is 7.11 Å². The number of rotatable bonds is 7. The Hall–Kier alpha value is -1.40. The zero-order valence-electron chi connectivity index (χ0n) is 12.6. The minimum atomic E-state index is -0.216. The Kier molecular flexibility index (Phi) is 7.39. The summed E-state index contributed by atoms with van der Waals surface area (Å²) in [5.74, 6) is -0.337. The molecule has 0 saturated heterocycles. The molecule has 1 aromatic rings. The van der Waals surface area contributed by atoms with Crippen LogP contribution in [0, 0.1) is 6.92 Å². The maximum Gasteiger partial charge on any atom is 0.244 e. The molecule has 0 radical (unpaired) electrons. The molecule has 0 spiro atoms. The Labute approximate surface area is 133 Å². The number of benzene rings is 1. The largest absolute Gasteiger partial charge is 0.385 e. The summed E-state index contributed by atoms with van der Waals surface area (Å²) in [5.41, 5.74) is 1.80. The van der Waals surface area contributed by atoms with Gasteiger partial charge >= 0.3 is 0 Å². The fourth-order valence-electron chi connectivity index (χ4n) is 1.83. The molecule has 0 atom stereocenters. The molecule has 0 bridgehead atoms. The molecular formula is C15H21BrN2O3. The minimum absolute atomic E-state index is 0.0410. The van der Waals surface area contributed by atoms with Gasteiger partial charge in [0.15, 0.2) is 0 Å². The number of carbonyl (C=O) groups excluding carboxylic acids is 2. The van der Waals surface area contributed by atoms with Crippen molar-refractivity contribution < 1.29 is 14.3 Å². The molecule has 5 nitrogen and oxygen atoms in total. The molecule has 1 rings (SSSR count). The molecule has 0 aliphatic rings. The number of amides is 2. The summed E-state index contributed by atoms with van der Waals surface area (Å²) >= 11 is 3.41. The van der Waals surface area contributed by atoms with E-state index in [-0.39, 0.29) is 18.4 Å². The Morgan fingerprint density at radius 3 is 2.67 bits per heavy atom. The predicted octanol–water partition coefficient (Wildman–Crippen LogP) is 2.58. The van der Waals surface area contributed by atoms with E-state index in [1.165, 1.54) is 11.8 Å². The van der Waals surface area contributed by atoms with Crippen LogP contribution in [0.4, 0.5) is 5.69 Å². The van der Waals surface area contributed by atoms with E-state index in [0.29, 0.717) is 25.3 Å². The summed E-state index contributed by atoms with van der Waals surface area (Å²) in [6.45, 7) is 4.55. The Morgan fingerprint density at radius 1 is 1.38 bits per heavy atom. The van der Waals surface area contributed by atoms with Crippen molar-refractivity contribution in [2.75, 3.05) is 32.1 Å². The molecule has 0 aliphatic carbocycles. The van der Waals surface area contributed by atoms with Gasteiger partial charge in [0.1, 0.15) is 0 Å². The van der Waals surface area contributed by atoms with E-state index < -0.39 is 0 Å². The number of anilines is 1. The number of carbonyl (C=O) groups is 2. The summed E-state index contributed by atoms with van der Waals surface area (Å²) in [6, 6.07) is 5.68. The predicted molar refractivity (Wildman–Crippen MR) is 86.3 cm³/mol. The smallest absolute Gasteiger partial charge is 0.244 e. The van der Waals surface area contributed by atoms with Crippen LogP contribution in [0.3, 0.4) is 0 Å². The average Bonchev–Trinajstić information content (AvgIpc) is 2.41. The third-order valence-corrected chi connectivity index (χ3v) is 3.61. The highest BCUT2D eigenvalue weighted by Gasteiger charge is 2.14. The van der Waals surface area contributed by atoms with Gasteiger partial charge in [0.25, 0.3) is 0 Å². The molecule has 0 aliphatic heterocycles. The lowest BCUT2D eigenvalue weighted by atomic mass is 10.2. The van der Waals surface area contributed by atoms with Gasteiger partial charge in [0.2, 0.25) is 11.8 Å². The third kappa shape index (κ3) is 6.27. The zero-order chi connectivity index (χ0) is 15.8. The number of hydrogen-bond acceptors (Lipinski definition) is 3. The molecule has 0 fully saturated rings. The first-order valence-electron chi connectivity index (χ1n) is 6.74. The number of halogens is 1. The van der Waals surface area contributed by atoms with Gasteiger partial charge in [-0.1, -0.05) is 6.07 Å². The number of nitrogens with one attached hydrogen (secondary N) is 1. The minimum Gasteiger partial charge on any atom is -0.385 e. The van der Waals surface area contributed by atoms with Crippen molar-refractivity contribution in [3.8, 4) is 0 Å². The molecular weight excluding hydrogens is 336 g/mol. The normalized spacial score (nSPS) is 10.3. The van der Waals surface area contributed by atoms with Crippen LogP contribution in [0.2, 0.25) is 0 Å². The van der Waals surface area contributed by atoms with Crippen LogP contribution in [0.1, 0.15) is 18.9 Å². The second-order valence-electron chi connectivity index (χ2n) is 4.82. The van der Waals surface area contributed by atoms with Crippen molar-refractivity contribution in [2.45, 2.75) is 20.3 Å². The molecule has 0 heterocycles. The Bertz CT molecular complexity index is 506. The summed E-state index contributed by atoms with van der Waals surface area (Å²) in [6.07, 6.45) is 0.706. The standard InChI is InChI=1S/C15H21BrN2O3/c1-11-5-6-14(13(16)9-11)17-15(20)10-18(12(2)19)7-4-8-21-3/h5-6,9H,4,7-8,10H2,1-3H3,(H,17,20). The SMILES string of the molecule is COCCCN(CC(=O)Nc1ccc(C)cc1Br)C(C)=O. The van der Waals surface area contributed by atoms with E-state index in [4.69, 9.17) is 4.74 Å². The molecule has 0 aromatic heterocycles. The van der Waals surface area contributed by atoms with Crippen molar-refractivity contribution in [1.82, 2.24) is 4.90 Å². The van der Waals surface area contributed by atoms with E-state index in [1.807, 2.05) is 25.1 Å². The van der Waals surface area contributed by atoms with Crippen molar-refractivity contribution in [3.63, 3.8) is 0 Å². The van der Waals surface area contributed by atoms with Crippen molar-refractivity contribution >= 4 is 33.4 Å². The number of ether oxygens (including phenoxy) is 1. The highest BCUT2D eigenvalue weighted by atomic mass is 79.9. The second kappa shape index (κ2) is 8.79. The number of aryl methyl sites for hydroxylation is 1. The molecule has 0 saturated carbocycles. The molecule has 6 heteroatoms. The number of nitrogens with zero attached hydrogens (tertiary/aromatic N) is 1. The topological polar surface area (TPSA) is 58.6 Å². The highest BCUT2D eigenvalue weighted by Crippen LogP contribution is 2.23. The second-order valence-corrected chi connectivity index (χ2v) is 5.67. The third-order valence-electron chi connectivity index (χ3n) is 2.95. The first-order valence-corrected chi connectivity index (χ1v) is 7.53. The van der Waals surface area contributed by atoms with Gasteiger partial charge in [0.05, 0.1) is 12.2 Å². The van der Waals surface area contributed by atoms with Crippen LogP contribution in [-0.2, 0) is 14.3 Å². The van der Waals surface area contributed by atoms with Crippen molar-refractivity contribution in [2.24, 2.45) is 0 Å². The quantitative estimate of drug-likeness (QED) is 0.763. The maximum atomic E-state index is 12.0. The van der Waals surface area contributed by atoms with Gasteiger partial charge < -0.3 is 15.0 Å². The van der Waals surface area contributed by atoms with Crippen molar-refractivity contribution in [1.29, 1.82) is 0 Å². The van der Waals surface area contributed by atoms with E-state index in [0.717, 1.165) is 10.0 Å². The van der Waals surface area contributed by atoms with Crippen LogP contribution in [0.5, 0.6) is 0 Å². The van der Waals surface area contributed by atoms with E-state index in [9.17, 15) is 9.59 Å². The Balaban J connectivity index is 2.59. The van der Waals surface area contributed by atoms with Gasteiger partial charge in [0, 0.05) is 31.7 Å². The monoisotopic (exact) mass is 356 g/mol. The van der Waals surface area contributed by atoms with E-state index in [2.05, 4.69) is 21.2 Å². The molecule has 1 N–H and O–H groups in total. The van der Waals surface area contributed by atoms with Gasteiger partial charge in [-0.2, -0.15) is 0 Å². The average molecular weight is 357 g/mol. The molecule has 116 valence electrons. The van der Waals surface area contributed by atoms with E-state index >= 15 is 0 Å². The van der Waals surface area contributed by atoms with Gasteiger partial charge in [-0.15, -0.1) is 0 Å². The van der Waals surface area contributed by atoms with Crippen LogP contribution in [0.25, 0.3) is 0 Å². The van der Waals surface area contributed by atoms with Crippen LogP contribution < -0.4 is 5.32 Å². The van der Waals surface area contributed by atoms with Crippen molar-refractivity contribution in [3.05, 3.63) is 28.2 Å². The maximum absolute atomic E-state index is 12.0. The first-order chi connectivity index (χ1) is 9.93. The number of hydrogen-bond donors (Lipinski definition) is 1. The zero-order valence-corrected chi connectivity index (χ0v) is 14.2. The fraction of sp³-hybridized carbons (Fsp3) is 0.467. The molecule has 21 heavy (non-hydrogen) atoms. The fourth-order valence-corrected chi connectivity index (χ4v) is 2.42. The lowest BCUT2D eigenvalue weighted by molar-refractivity contribution is -0.132. The highest BCUT2D eigenvalue weighted by molar-refractivity contribution is 9.10. The summed E-state index contributed by atoms with van der Waals surface area (Å²) < 4.78 is 5.78. The van der Waals surface area contributed by atoms with Crippen LogP contribution in [0.15, 0.2) is 22.7 Å². The van der Waals surface area contributed by atoms with Gasteiger partial charge in [-0.25, -0.2) is 0 Å². The van der Waals surface area contributed by atoms with Gasteiger partial charge in [-0.3, -0.25) is 9.59 Å². The van der Waals surface area contributed by atoms with Crippen LogP contribution >= 0.6 is 15.9 Å². The van der Waals surface area contributed by atoms with Gasteiger partial charge in [-0.05, 0) is 47.0 Å². The molecule has 1 aromatic carbocycles. The van der Waals surface area contributed by atoms with Crippen LogP contribution in [-0.4, -0.2) is 43.5 Å². The number of methoxy groups -OCH3 is 1. The lowest BCUT2D eigenvalue weighted by Gasteiger charge is -2.20. The lowest BCUT2D eigenvalue weighted by Crippen LogP contribution is -2.37. The summed E-state index contributed by atoms with van der Waals surface area (Å²) in [7, 11) is 1.61. The molecule has 2 amide bonds. The summed E-state index contributed by atoms with van der Waals surface area (Å²) in [4.78, 5) is 25.1.